The molecule has 7 heteroatoms. The molecule has 1 aliphatic rings. The van der Waals surface area contributed by atoms with Gasteiger partial charge in [-0.25, -0.2) is 4.68 Å². The lowest BCUT2D eigenvalue weighted by Crippen LogP contribution is -2.21. The quantitative estimate of drug-likeness (QED) is 0.527. The highest BCUT2D eigenvalue weighted by Gasteiger charge is 2.28. The van der Waals surface area contributed by atoms with Gasteiger partial charge < -0.3 is 10.6 Å². The summed E-state index contributed by atoms with van der Waals surface area (Å²) < 4.78 is 1.88. The normalized spacial score (nSPS) is 13.4. The maximum Gasteiger partial charge on any atom is 0.243 e. The van der Waals surface area contributed by atoms with Gasteiger partial charge in [0.25, 0.3) is 0 Å². The van der Waals surface area contributed by atoms with Crippen LogP contribution in [0.4, 0.5) is 11.4 Å². The number of amides is 1. The topological polar surface area (TPSA) is 84.7 Å². The number of hydrogen-bond donors (Lipinski definition) is 2. The number of hydrogen-bond acceptors (Lipinski definition) is 5. The fourth-order valence-electron chi connectivity index (χ4n) is 3.43. The molecule has 1 aliphatic carbocycles. The molecule has 7 nitrogen and oxygen atoms in total. The predicted molar refractivity (Wildman–Crippen MR) is 113 cm³/mol. The number of fused-ring (bicyclic) bond motifs is 1. The molecule has 144 valence electrons. The van der Waals surface area contributed by atoms with Crippen LogP contribution in [0.5, 0.6) is 0 Å². The van der Waals surface area contributed by atoms with Crippen molar-refractivity contribution in [3.05, 3.63) is 66.7 Å². The smallest absolute Gasteiger partial charge is 0.243 e. The van der Waals surface area contributed by atoms with Crippen molar-refractivity contribution in [2.45, 2.75) is 18.9 Å². The molecule has 1 fully saturated rings. The number of anilines is 2. The second kappa shape index (κ2) is 7.35. The second-order valence-corrected chi connectivity index (χ2v) is 7.19. The van der Waals surface area contributed by atoms with Gasteiger partial charge in [-0.1, -0.05) is 48.5 Å². The standard InChI is InChI=1S/C22H20N6O/c29-21(24-20-10-4-6-15-5-1-2-9-19(15)20)14-23-17-8-3-7-16(13-17)22-25-26-27-28(22)18-11-12-18/h1-10,13,18,23H,11-12,14H2,(H,24,29). The van der Waals surface area contributed by atoms with Crippen LogP contribution in [0, 0.1) is 0 Å². The Morgan fingerprint density at radius 3 is 2.76 bits per heavy atom. The molecule has 0 radical (unpaired) electrons. The first-order valence-electron chi connectivity index (χ1n) is 9.68. The minimum absolute atomic E-state index is 0.102. The summed E-state index contributed by atoms with van der Waals surface area (Å²) in [7, 11) is 0. The molecular weight excluding hydrogens is 364 g/mol. The monoisotopic (exact) mass is 384 g/mol. The maximum absolute atomic E-state index is 12.5. The lowest BCUT2D eigenvalue weighted by Gasteiger charge is -2.11. The molecule has 5 rings (SSSR count). The number of carbonyl (C=O) groups excluding carboxylic acids is 1. The molecule has 4 aromatic rings. The molecule has 0 atom stereocenters. The first-order valence-corrected chi connectivity index (χ1v) is 9.68. The zero-order valence-corrected chi connectivity index (χ0v) is 15.7. The van der Waals surface area contributed by atoms with Crippen LogP contribution in [-0.2, 0) is 4.79 Å². The molecule has 3 aromatic carbocycles. The first kappa shape index (κ1) is 17.4. The Kier molecular flexibility index (Phi) is 4.40. The fourth-order valence-corrected chi connectivity index (χ4v) is 3.43. The minimum Gasteiger partial charge on any atom is -0.376 e. The Balaban J connectivity index is 1.28. The summed E-state index contributed by atoms with van der Waals surface area (Å²) in [5.41, 5.74) is 2.59. The van der Waals surface area contributed by atoms with E-state index in [4.69, 9.17) is 0 Å². The summed E-state index contributed by atoms with van der Waals surface area (Å²) in [6, 6.07) is 22.1. The van der Waals surface area contributed by atoms with Crippen LogP contribution in [0.3, 0.4) is 0 Å². The van der Waals surface area contributed by atoms with E-state index in [-0.39, 0.29) is 12.5 Å². The van der Waals surface area contributed by atoms with Crippen molar-refractivity contribution in [1.29, 1.82) is 0 Å². The van der Waals surface area contributed by atoms with Gasteiger partial charge in [0.2, 0.25) is 5.91 Å². The van der Waals surface area contributed by atoms with Crippen molar-refractivity contribution in [3.8, 4) is 11.4 Å². The van der Waals surface area contributed by atoms with Gasteiger partial charge in [-0.05, 0) is 46.9 Å². The fraction of sp³-hybridized carbons (Fsp3) is 0.182. The maximum atomic E-state index is 12.5. The van der Waals surface area contributed by atoms with Gasteiger partial charge >= 0.3 is 0 Å². The van der Waals surface area contributed by atoms with E-state index in [2.05, 4.69) is 26.2 Å². The highest BCUT2D eigenvalue weighted by atomic mass is 16.1. The molecule has 1 heterocycles. The van der Waals surface area contributed by atoms with Crippen LogP contribution < -0.4 is 10.6 Å². The van der Waals surface area contributed by atoms with E-state index in [9.17, 15) is 4.79 Å². The largest absolute Gasteiger partial charge is 0.376 e. The van der Waals surface area contributed by atoms with Crippen LogP contribution in [-0.4, -0.2) is 32.7 Å². The summed E-state index contributed by atoms with van der Waals surface area (Å²) in [5, 5.41) is 20.4. The highest BCUT2D eigenvalue weighted by Crippen LogP contribution is 2.36. The molecule has 0 saturated heterocycles. The van der Waals surface area contributed by atoms with Gasteiger partial charge in [-0.3, -0.25) is 4.79 Å². The molecule has 0 unspecified atom stereocenters. The van der Waals surface area contributed by atoms with E-state index < -0.39 is 0 Å². The Bertz CT molecular complexity index is 1180. The number of rotatable bonds is 6. The summed E-state index contributed by atoms with van der Waals surface area (Å²) in [5.74, 6) is 0.658. The minimum atomic E-state index is -0.102. The average Bonchev–Trinajstić information content (AvgIpc) is 3.49. The van der Waals surface area contributed by atoms with Gasteiger partial charge in [-0.2, -0.15) is 0 Å². The van der Waals surface area contributed by atoms with Crippen molar-refractivity contribution in [2.24, 2.45) is 0 Å². The van der Waals surface area contributed by atoms with Crippen LogP contribution in [0.1, 0.15) is 18.9 Å². The van der Waals surface area contributed by atoms with Gasteiger partial charge in [0.05, 0.1) is 12.6 Å². The van der Waals surface area contributed by atoms with Crippen LogP contribution in [0.25, 0.3) is 22.2 Å². The number of tetrazole rings is 1. The van der Waals surface area contributed by atoms with Gasteiger partial charge in [0, 0.05) is 22.3 Å². The zero-order chi connectivity index (χ0) is 19.6. The van der Waals surface area contributed by atoms with Gasteiger partial charge in [0.1, 0.15) is 0 Å². The molecule has 1 aromatic heterocycles. The van der Waals surface area contributed by atoms with Gasteiger partial charge in [0.15, 0.2) is 5.82 Å². The van der Waals surface area contributed by atoms with Crippen molar-refractivity contribution < 1.29 is 4.79 Å². The van der Waals surface area contributed by atoms with Crippen LogP contribution in [0.2, 0.25) is 0 Å². The van der Waals surface area contributed by atoms with E-state index in [1.807, 2.05) is 71.4 Å². The van der Waals surface area contributed by atoms with Gasteiger partial charge in [-0.15, -0.1) is 5.10 Å². The van der Waals surface area contributed by atoms with Crippen molar-refractivity contribution >= 4 is 28.1 Å². The first-order chi connectivity index (χ1) is 14.3. The summed E-state index contributed by atoms with van der Waals surface area (Å²) >= 11 is 0. The Labute approximate surface area is 167 Å². The lowest BCUT2D eigenvalue weighted by molar-refractivity contribution is -0.114. The van der Waals surface area contributed by atoms with Crippen molar-refractivity contribution in [3.63, 3.8) is 0 Å². The van der Waals surface area contributed by atoms with E-state index >= 15 is 0 Å². The third-order valence-corrected chi connectivity index (χ3v) is 5.02. The van der Waals surface area contributed by atoms with Crippen molar-refractivity contribution in [1.82, 2.24) is 20.2 Å². The number of nitrogens with one attached hydrogen (secondary N) is 2. The van der Waals surface area contributed by atoms with Crippen molar-refractivity contribution in [2.75, 3.05) is 17.2 Å². The van der Waals surface area contributed by atoms with E-state index in [1.54, 1.807) is 0 Å². The van der Waals surface area contributed by atoms with Crippen LogP contribution >= 0.6 is 0 Å². The lowest BCUT2D eigenvalue weighted by atomic mass is 10.1. The molecule has 0 aliphatic heterocycles. The van der Waals surface area contributed by atoms with E-state index in [0.717, 1.165) is 46.4 Å². The summed E-state index contributed by atoms with van der Waals surface area (Å²) in [4.78, 5) is 12.5. The molecule has 2 N–H and O–H groups in total. The second-order valence-electron chi connectivity index (χ2n) is 7.19. The number of nitrogens with zero attached hydrogens (tertiary/aromatic N) is 4. The Morgan fingerprint density at radius 2 is 1.86 bits per heavy atom. The SMILES string of the molecule is O=C(CNc1cccc(-c2nnnn2C2CC2)c1)Nc1cccc2ccccc12. The highest BCUT2D eigenvalue weighted by molar-refractivity contribution is 6.03. The zero-order valence-electron chi connectivity index (χ0n) is 15.7. The molecule has 0 bridgehead atoms. The molecule has 1 saturated carbocycles. The summed E-state index contributed by atoms with van der Waals surface area (Å²) in [6.07, 6.45) is 2.23. The average molecular weight is 384 g/mol. The predicted octanol–water partition coefficient (Wildman–Crippen LogP) is 3.88. The Hall–Kier alpha value is -3.74. The third kappa shape index (κ3) is 3.67. The number of carbonyl (C=O) groups is 1. The molecule has 29 heavy (non-hydrogen) atoms. The molecule has 1 amide bonds. The van der Waals surface area contributed by atoms with E-state index in [1.165, 1.54) is 0 Å². The third-order valence-electron chi connectivity index (χ3n) is 5.02. The number of benzene rings is 3. The number of aromatic nitrogens is 4. The molecule has 0 spiro atoms. The summed E-state index contributed by atoms with van der Waals surface area (Å²) in [6.45, 7) is 0.167. The van der Waals surface area contributed by atoms with E-state index in [0.29, 0.717) is 6.04 Å². The molecular formula is C22H20N6O. The van der Waals surface area contributed by atoms with Crippen LogP contribution in [0.15, 0.2) is 66.7 Å². The Morgan fingerprint density at radius 1 is 1.03 bits per heavy atom.